The standard InChI is InChI=1S/C24H17N3O13S3/c28-22-20-13(10-19(41-40-39-32)21(22)27-26-17-7-2-1-6-16(17)24(30)31)9-15(43(36,37)38)11-18(20)25-23(29)12-4-3-5-14(8-12)42(33,34)35/h1-11,28,32H,(H,25,29)(H,30,31)(H,33,34,35)(H,36,37,38)/b27-26+. The summed E-state index contributed by atoms with van der Waals surface area (Å²) in [5.74, 6) is -3.11. The molecule has 0 saturated heterocycles. The van der Waals surface area contributed by atoms with Gasteiger partial charge in [-0.2, -0.15) is 16.8 Å². The number of carboxylic acids is 1. The number of phenols is 1. The molecule has 0 aliphatic rings. The minimum absolute atomic E-state index is 0.126. The number of fused-ring (bicyclic) bond motifs is 1. The Labute approximate surface area is 245 Å². The number of aromatic carboxylic acids is 1. The van der Waals surface area contributed by atoms with Crippen LogP contribution in [0.2, 0.25) is 0 Å². The van der Waals surface area contributed by atoms with Crippen molar-refractivity contribution in [3.8, 4) is 5.75 Å². The fraction of sp³-hybridized carbons (Fsp3) is 0. The molecule has 4 rings (SSSR count). The number of anilines is 1. The van der Waals surface area contributed by atoms with E-state index in [0.717, 1.165) is 36.4 Å². The quantitative estimate of drug-likeness (QED) is 0.0441. The smallest absolute Gasteiger partial charge is 0.337 e. The third-order valence-electron chi connectivity index (χ3n) is 5.61. The number of nitrogens with one attached hydrogen (secondary N) is 1. The van der Waals surface area contributed by atoms with Gasteiger partial charge >= 0.3 is 5.97 Å². The fourth-order valence-electron chi connectivity index (χ4n) is 3.76. The van der Waals surface area contributed by atoms with Crippen LogP contribution in [0, 0.1) is 0 Å². The Morgan fingerprint density at radius 1 is 0.860 bits per heavy atom. The molecule has 43 heavy (non-hydrogen) atoms. The lowest BCUT2D eigenvalue weighted by molar-refractivity contribution is -0.432. The highest BCUT2D eigenvalue weighted by Crippen LogP contribution is 2.47. The molecule has 224 valence electrons. The molecular formula is C24H17N3O13S3. The highest BCUT2D eigenvalue weighted by molar-refractivity contribution is 7.94. The van der Waals surface area contributed by atoms with Crippen LogP contribution in [0.1, 0.15) is 20.7 Å². The summed E-state index contributed by atoms with van der Waals surface area (Å²) >= 11 is 0.273. The third kappa shape index (κ3) is 7.13. The highest BCUT2D eigenvalue weighted by atomic mass is 32.2. The number of benzene rings is 4. The van der Waals surface area contributed by atoms with Crippen molar-refractivity contribution in [3.63, 3.8) is 0 Å². The maximum absolute atomic E-state index is 13.1. The number of hydrogen-bond donors (Lipinski definition) is 6. The van der Waals surface area contributed by atoms with Gasteiger partial charge in [0.25, 0.3) is 26.1 Å². The Morgan fingerprint density at radius 3 is 2.21 bits per heavy atom. The minimum atomic E-state index is -4.90. The van der Waals surface area contributed by atoms with Crippen molar-refractivity contribution in [1.29, 1.82) is 0 Å². The summed E-state index contributed by atoms with van der Waals surface area (Å²) in [4.78, 5) is 23.1. The number of carboxylic acid groups (broad SMARTS) is 1. The van der Waals surface area contributed by atoms with Crippen molar-refractivity contribution in [2.24, 2.45) is 10.2 Å². The zero-order chi connectivity index (χ0) is 31.5. The third-order valence-corrected chi connectivity index (χ3v) is 7.91. The Morgan fingerprint density at radius 2 is 1.56 bits per heavy atom. The Balaban J connectivity index is 1.94. The van der Waals surface area contributed by atoms with Gasteiger partial charge in [0, 0.05) is 10.9 Å². The average molecular weight is 652 g/mol. The first kappa shape index (κ1) is 31.5. The van der Waals surface area contributed by atoms with Gasteiger partial charge in [-0.1, -0.05) is 23.2 Å². The first-order valence-electron chi connectivity index (χ1n) is 11.3. The zero-order valence-electron chi connectivity index (χ0n) is 21.0. The Bertz CT molecular complexity index is 2010. The van der Waals surface area contributed by atoms with Gasteiger partial charge in [0.2, 0.25) is 0 Å². The molecule has 0 aliphatic heterocycles. The second kappa shape index (κ2) is 12.4. The van der Waals surface area contributed by atoms with E-state index in [1.807, 2.05) is 0 Å². The van der Waals surface area contributed by atoms with E-state index in [0.29, 0.717) is 0 Å². The average Bonchev–Trinajstić information content (AvgIpc) is 2.94. The topological polar surface area (TPSA) is 259 Å². The maximum atomic E-state index is 13.1. The predicted octanol–water partition coefficient (Wildman–Crippen LogP) is 4.83. The number of carbonyl (C=O) groups excluding carboxylic acids is 1. The van der Waals surface area contributed by atoms with E-state index in [9.17, 15) is 45.7 Å². The Kier molecular flexibility index (Phi) is 9.08. The summed E-state index contributed by atoms with van der Waals surface area (Å²) in [7, 11) is -9.59. The van der Waals surface area contributed by atoms with Gasteiger partial charge in [0.15, 0.2) is 5.75 Å². The minimum Gasteiger partial charge on any atom is -0.505 e. The van der Waals surface area contributed by atoms with Crippen LogP contribution >= 0.6 is 12.0 Å². The lowest BCUT2D eigenvalue weighted by Gasteiger charge is -2.15. The summed E-state index contributed by atoms with van der Waals surface area (Å²) in [6.45, 7) is 0. The van der Waals surface area contributed by atoms with Crippen LogP contribution in [0.3, 0.4) is 0 Å². The van der Waals surface area contributed by atoms with Crippen molar-refractivity contribution in [2.45, 2.75) is 14.7 Å². The monoisotopic (exact) mass is 651 g/mol. The van der Waals surface area contributed by atoms with Crippen molar-refractivity contribution in [3.05, 3.63) is 77.9 Å². The van der Waals surface area contributed by atoms with Crippen LogP contribution in [-0.2, 0) is 29.6 Å². The number of rotatable bonds is 10. The van der Waals surface area contributed by atoms with Gasteiger partial charge < -0.3 is 15.5 Å². The summed E-state index contributed by atoms with van der Waals surface area (Å²) in [6, 6.07) is 12.5. The molecule has 0 saturated carbocycles. The largest absolute Gasteiger partial charge is 0.505 e. The second-order valence-corrected chi connectivity index (χ2v) is 11.9. The van der Waals surface area contributed by atoms with E-state index in [2.05, 4.69) is 24.9 Å². The maximum Gasteiger partial charge on any atom is 0.337 e. The number of carbonyl (C=O) groups is 2. The zero-order valence-corrected chi connectivity index (χ0v) is 23.4. The number of azo groups is 1. The molecule has 0 aliphatic carbocycles. The first-order valence-corrected chi connectivity index (χ1v) is 14.9. The molecule has 4 aromatic carbocycles. The molecule has 0 atom stereocenters. The predicted molar refractivity (Wildman–Crippen MR) is 148 cm³/mol. The lowest BCUT2D eigenvalue weighted by Crippen LogP contribution is -2.14. The van der Waals surface area contributed by atoms with Crippen LogP contribution in [0.5, 0.6) is 5.75 Å². The number of aromatic hydroxyl groups is 1. The summed E-state index contributed by atoms with van der Waals surface area (Å²) in [5.41, 5.74) is -1.50. The Hall–Kier alpha value is -4.47. The van der Waals surface area contributed by atoms with Gasteiger partial charge in [-0.05, 0) is 53.9 Å². The van der Waals surface area contributed by atoms with Gasteiger partial charge in [-0.3, -0.25) is 13.9 Å². The SMILES string of the molecule is O=C(Nc1cc(S(=O)(=O)O)cc2cc(SOOO)c(/N=N/c3ccccc3C(=O)O)c(O)c12)c1cccc(S(=O)(=O)O)c1. The first-order chi connectivity index (χ1) is 20.2. The van der Waals surface area contributed by atoms with Crippen LogP contribution in [0.15, 0.2) is 91.6 Å². The molecule has 0 heterocycles. The highest BCUT2D eigenvalue weighted by Gasteiger charge is 2.23. The molecule has 0 aromatic heterocycles. The normalized spacial score (nSPS) is 12.1. The molecule has 1 amide bonds. The molecule has 0 fully saturated rings. The van der Waals surface area contributed by atoms with Gasteiger partial charge in [0.05, 0.1) is 38.0 Å². The van der Waals surface area contributed by atoms with E-state index in [1.165, 1.54) is 30.3 Å². The summed E-state index contributed by atoms with van der Waals surface area (Å²) < 4.78 is 70.5. The van der Waals surface area contributed by atoms with Gasteiger partial charge in [0.1, 0.15) is 11.4 Å². The van der Waals surface area contributed by atoms with Crippen molar-refractivity contribution >= 4 is 72.0 Å². The van der Waals surface area contributed by atoms with Crippen LogP contribution in [-0.4, -0.2) is 53.3 Å². The second-order valence-electron chi connectivity index (χ2n) is 8.32. The number of nitrogens with zero attached hydrogens (tertiary/aromatic N) is 2. The molecule has 0 bridgehead atoms. The van der Waals surface area contributed by atoms with Crippen molar-refractivity contribution < 1.29 is 60.4 Å². The van der Waals surface area contributed by atoms with Crippen LogP contribution in [0.4, 0.5) is 17.1 Å². The van der Waals surface area contributed by atoms with Crippen molar-refractivity contribution in [2.75, 3.05) is 5.32 Å². The number of amides is 1. The lowest BCUT2D eigenvalue weighted by atomic mass is 10.1. The molecule has 6 N–H and O–H groups in total. The summed E-state index contributed by atoms with van der Waals surface area (Å²) in [6.07, 6.45) is 0. The van der Waals surface area contributed by atoms with E-state index in [1.54, 1.807) is 0 Å². The summed E-state index contributed by atoms with van der Waals surface area (Å²) in [5, 5.41) is 42.6. The molecular weight excluding hydrogens is 634 g/mol. The molecule has 19 heteroatoms. The van der Waals surface area contributed by atoms with Crippen LogP contribution in [0.25, 0.3) is 10.8 Å². The number of phenolic OH excluding ortho intramolecular Hbond substituents is 1. The molecule has 0 spiro atoms. The molecule has 4 aromatic rings. The van der Waals surface area contributed by atoms with Crippen molar-refractivity contribution in [1.82, 2.24) is 0 Å². The van der Waals surface area contributed by atoms with E-state index >= 15 is 0 Å². The molecule has 16 nitrogen and oxygen atoms in total. The molecule has 0 unspecified atom stereocenters. The van der Waals surface area contributed by atoms with Gasteiger partial charge in [-0.15, -0.1) is 14.6 Å². The van der Waals surface area contributed by atoms with E-state index < -0.39 is 59.0 Å². The van der Waals surface area contributed by atoms with Gasteiger partial charge in [-0.25, -0.2) is 10.1 Å². The fourth-order valence-corrected chi connectivity index (χ4v) is 5.32. The van der Waals surface area contributed by atoms with Crippen LogP contribution < -0.4 is 5.32 Å². The number of hydrogen-bond acceptors (Lipinski definition) is 13. The van der Waals surface area contributed by atoms with E-state index in [4.69, 9.17) is 5.26 Å². The van der Waals surface area contributed by atoms with E-state index in [-0.39, 0.29) is 44.5 Å². The molecule has 0 radical (unpaired) electrons.